The maximum atomic E-state index is 5.94. The van der Waals surface area contributed by atoms with E-state index in [9.17, 15) is 0 Å². The van der Waals surface area contributed by atoms with Crippen LogP contribution in [0.2, 0.25) is 0 Å². The van der Waals surface area contributed by atoms with E-state index in [1.807, 2.05) is 0 Å². The standard InChI is InChI=1S/C13H27NO/c1-5-13(6-2,10-14-4)9-12-8-7-11(3)15-12/h11-12,14H,5-10H2,1-4H3. The van der Waals surface area contributed by atoms with Gasteiger partial charge in [0.25, 0.3) is 0 Å². The first-order valence-electron chi connectivity index (χ1n) is 6.46. The zero-order chi connectivity index (χ0) is 11.3. The van der Waals surface area contributed by atoms with Crippen LogP contribution < -0.4 is 5.32 Å². The van der Waals surface area contributed by atoms with Crippen molar-refractivity contribution in [1.82, 2.24) is 5.32 Å². The molecule has 2 heteroatoms. The average Bonchev–Trinajstić information content (AvgIpc) is 2.63. The third-order valence-electron chi connectivity index (χ3n) is 4.03. The molecular formula is C13H27NO. The van der Waals surface area contributed by atoms with Gasteiger partial charge in [-0.2, -0.15) is 0 Å². The molecule has 0 radical (unpaired) electrons. The van der Waals surface area contributed by atoms with Gasteiger partial charge >= 0.3 is 0 Å². The van der Waals surface area contributed by atoms with Crippen LogP contribution in [0.1, 0.15) is 52.9 Å². The largest absolute Gasteiger partial charge is 0.375 e. The van der Waals surface area contributed by atoms with Gasteiger partial charge in [0.1, 0.15) is 0 Å². The van der Waals surface area contributed by atoms with Gasteiger partial charge in [0, 0.05) is 6.54 Å². The lowest BCUT2D eigenvalue weighted by Crippen LogP contribution is -2.35. The molecule has 0 spiro atoms. The fraction of sp³-hybridized carbons (Fsp3) is 1.00. The summed E-state index contributed by atoms with van der Waals surface area (Å²) in [6, 6.07) is 0. The van der Waals surface area contributed by atoms with Gasteiger partial charge in [-0.25, -0.2) is 0 Å². The van der Waals surface area contributed by atoms with Crippen molar-refractivity contribution in [3.63, 3.8) is 0 Å². The van der Waals surface area contributed by atoms with Gasteiger partial charge in [-0.3, -0.25) is 0 Å². The molecule has 0 bridgehead atoms. The van der Waals surface area contributed by atoms with Gasteiger partial charge in [0.15, 0.2) is 0 Å². The molecule has 1 heterocycles. The van der Waals surface area contributed by atoms with Crippen molar-refractivity contribution in [2.75, 3.05) is 13.6 Å². The molecule has 90 valence electrons. The van der Waals surface area contributed by atoms with Crippen LogP contribution >= 0.6 is 0 Å². The van der Waals surface area contributed by atoms with Crippen molar-refractivity contribution in [3.05, 3.63) is 0 Å². The van der Waals surface area contributed by atoms with Gasteiger partial charge < -0.3 is 10.1 Å². The van der Waals surface area contributed by atoms with Gasteiger partial charge in [-0.1, -0.05) is 13.8 Å². The predicted octanol–water partition coefficient (Wildman–Crippen LogP) is 2.97. The topological polar surface area (TPSA) is 21.3 Å². The van der Waals surface area contributed by atoms with Crippen LogP contribution in [-0.2, 0) is 4.74 Å². The number of rotatable bonds is 6. The predicted molar refractivity (Wildman–Crippen MR) is 65.1 cm³/mol. The Morgan fingerprint density at radius 2 is 1.93 bits per heavy atom. The molecule has 1 fully saturated rings. The summed E-state index contributed by atoms with van der Waals surface area (Å²) in [6.07, 6.45) is 7.21. The molecule has 1 saturated heterocycles. The molecule has 0 amide bonds. The molecule has 0 aromatic rings. The smallest absolute Gasteiger partial charge is 0.0585 e. The van der Waals surface area contributed by atoms with E-state index >= 15 is 0 Å². The molecular weight excluding hydrogens is 186 g/mol. The lowest BCUT2D eigenvalue weighted by molar-refractivity contribution is 0.0192. The molecule has 1 aliphatic heterocycles. The van der Waals surface area contributed by atoms with Crippen LogP contribution in [0.15, 0.2) is 0 Å². The first kappa shape index (κ1) is 13.0. The summed E-state index contributed by atoms with van der Waals surface area (Å²) in [7, 11) is 2.05. The van der Waals surface area contributed by atoms with Gasteiger partial charge in [-0.05, 0) is 51.5 Å². The summed E-state index contributed by atoms with van der Waals surface area (Å²) in [5.41, 5.74) is 0.448. The Hall–Kier alpha value is -0.0800. The van der Waals surface area contributed by atoms with Crippen molar-refractivity contribution < 1.29 is 4.74 Å². The summed E-state index contributed by atoms with van der Waals surface area (Å²) in [6.45, 7) is 7.92. The second-order valence-electron chi connectivity index (χ2n) is 5.09. The molecule has 1 rings (SSSR count). The van der Waals surface area contributed by atoms with E-state index in [1.165, 1.54) is 32.1 Å². The van der Waals surface area contributed by atoms with Crippen molar-refractivity contribution in [1.29, 1.82) is 0 Å². The molecule has 0 aromatic heterocycles. The third-order valence-corrected chi connectivity index (χ3v) is 4.03. The number of hydrogen-bond donors (Lipinski definition) is 1. The molecule has 1 aliphatic rings. The monoisotopic (exact) mass is 213 g/mol. The van der Waals surface area contributed by atoms with E-state index in [1.54, 1.807) is 0 Å². The highest BCUT2D eigenvalue weighted by Crippen LogP contribution is 2.36. The minimum atomic E-state index is 0.448. The van der Waals surface area contributed by atoms with Crippen LogP contribution in [-0.4, -0.2) is 25.8 Å². The summed E-state index contributed by atoms with van der Waals surface area (Å²) < 4.78 is 5.94. The van der Waals surface area contributed by atoms with Crippen molar-refractivity contribution in [2.24, 2.45) is 5.41 Å². The lowest BCUT2D eigenvalue weighted by Gasteiger charge is -2.34. The Balaban J connectivity index is 2.49. The van der Waals surface area contributed by atoms with Crippen LogP contribution in [0.5, 0.6) is 0 Å². The van der Waals surface area contributed by atoms with E-state index in [0.29, 0.717) is 17.6 Å². The van der Waals surface area contributed by atoms with Crippen molar-refractivity contribution in [2.45, 2.75) is 65.1 Å². The average molecular weight is 213 g/mol. The maximum Gasteiger partial charge on any atom is 0.0585 e. The zero-order valence-corrected chi connectivity index (χ0v) is 10.8. The quantitative estimate of drug-likeness (QED) is 0.732. The van der Waals surface area contributed by atoms with Crippen molar-refractivity contribution >= 4 is 0 Å². The molecule has 2 unspecified atom stereocenters. The van der Waals surface area contributed by atoms with E-state index in [2.05, 4.69) is 33.1 Å². The Morgan fingerprint density at radius 1 is 1.27 bits per heavy atom. The maximum absolute atomic E-state index is 5.94. The highest BCUT2D eigenvalue weighted by atomic mass is 16.5. The van der Waals surface area contributed by atoms with Gasteiger partial charge in [0.05, 0.1) is 12.2 Å². The second-order valence-corrected chi connectivity index (χ2v) is 5.09. The zero-order valence-electron chi connectivity index (χ0n) is 10.8. The highest BCUT2D eigenvalue weighted by Gasteiger charge is 2.32. The van der Waals surface area contributed by atoms with Crippen LogP contribution in [0, 0.1) is 5.41 Å². The Bertz CT molecular complexity index is 177. The summed E-state index contributed by atoms with van der Waals surface area (Å²) in [5, 5.41) is 3.34. The van der Waals surface area contributed by atoms with Crippen LogP contribution in [0.25, 0.3) is 0 Å². The lowest BCUT2D eigenvalue weighted by atomic mass is 9.77. The Labute approximate surface area is 94.8 Å². The van der Waals surface area contributed by atoms with Gasteiger partial charge in [0.2, 0.25) is 0 Å². The molecule has 0 aromatic carbocycles. The fourth-order valence-corrected chi connectivity index (χ4v) is 2.75. The molecule has 0 aliphatic carbocycles. The first-order valence-corrected chi connectivity index (χ1v) is 6.46. The third kappa shape index (κ3) is 3.46. The molecule has 15 heavy (non-hydrogen) atoms. The molecule has 2 atom stereocenters. The van der Waals surface area contributed by atoms with Crippen LogP contribution in [0.3, 0.4) is 0 Å². The molecule has 2 nitrogen and oxygen atoms in total. The van der Waals surface area contributed by atoms with E-state index < -0.39 is 0 Å². The van der Waals surface area contributed by atoms with Crippen LogP contribution in [0.4, 0.5) is 0 Å². The van der Waals surface area contributed by atoms with Crippen molar-refractivity contribution in [3.8, 4) is 0 Å². The summed E-state index contributed by atoms with van der Waals surface area (Å²) in [5.74, 6) is 0. The van der Waals surface area contributed by atoms with Gasteiger partial charge in [-0.15, -0.1) is 0 Å². The first-order chi connectivity index (χ1) is 7.15. The SMILES string of the molecule is CCC(CC)(CNC)CC1CCC(C)O1. The van der Waals surface area contributed by atoms with E-state index in [0.717, 1.165) is 6.54 Å². The number of ether oxygens (including phenoxy) is 1. The molecule has 0 saturated carbocycles. The Kier molecular flexibility index (Phi) is 5.07. The van der Waals surface area contributed by atoms with E-state index in [-0.39, 0.29) is 0 Å². The molecule has 1 N–H and O–H groups in total. The number of hydrogen-bond acceptors (Lipinski definition) is 2. The highest BCUT2D eigenvalue weighted by molar-refractivity contribution is 4.84. The summed E-state index contributed by atoms with van der Waals surface area (Å²) >= 11 is 0. The minimum absolute atomic E-state index is 0.448. The summed E-state index contributed by atoms with van der Waals surface area (Å²) in [4.78, 5) is 0. The second kappa shape index (κ2) is 5.86. The van der Waals surface area contributed by atoms with E-state index in [4.69, 9.17) is 4.74 Å². The minimum Gasteiger partial charge on any atom is -0.375 e. The Morgan fingerprint density at radius 3 is 2.33 bits per heavy atom. The fourth-order valence-electron chi connectivity index (χ4n) is 2.75. The normalized spacial score (nSPS) is 27.2. The number of nitrogens with one attached hydrogen (secondary N) is 1.